The van der Waals surface area contributed by atoms with Crippen LogP contribution in [-0.4, -0.2) is 129 Å². The number of nitrogen functional groups attached to an aromatic ring is 1. The van der Waals surface area contributed by atoms with Crippen LogP contribution in [0.2, 0.25) is 0 Å². The number of carboxylic acids is 1. The molecule has 23 heteroatoms. The van der Waals surface area contributed by atoms with E-state index < -0.39 is 103 Å². The minimum absolute atomic E-state index is 0.0274. The van der Waals surface area contributed by atoms with Gasteiger partial charge < -0.3 is 58.4 Å². The number of hydrogen-bond donors (Lipinski definition) is 11. The molecule has 2 unspecified atom stereocenters. The molecule has 0 aliphatic carbocycles. The zero-order chi connectivity index (χ0) is 45.5. The number of aromatic nitrogens is 1. The van der Waals surface area contributed by atoms with E-state index in [0.717, 1.165) is 38.1 Å². The zero-order valence-corrected chi connectivity index (χ0v) is 35.4. The van der Waals surface area contributed by atoms with Gasteiger partial charge in [-0.2, -0.15) is 0 Å². The van der Waals surface area contributed by atoms with E-state index in [0.29, 0.717) is 11.3 Å². The van der Waals surface area contributed by atoms with Crippen molar-refractivity contribution in [3.05, 3.63) is 65.9 Å². The number of hydrogen-bond acceptors (Lipinski definition) is 12. The van der Waals surface area contributed by atoms with Crippen LogP contribution in [0.25, 0.3) is 10.9 Å². The predicted octanol–water partition coefficient (Wildman–Crippen LogP) is -0.939. The second kappa shape index (κ2) is 22.8. The minimum atomic E-state index is -1.74. The molecule has 62 heavy (non-hydrogen) atoms. The maximum absolute atomic E-state index is 14.1. The fourth-order valence-corrected chi connectivity index (χ4v) is 8.33. The van der Waals surface area contributed by atoms with Gasteiger partial charge in [0.05, 0.1) is 19.4 Å². The number of para-hydroxylation sites is 1. The molecule has 1 aliphatic heterocycles. The van der Waals surface area contributed by atoms with Gasteiger partial charge in [0.2, 0.25) is 47.3 Å². The molecular formula is C39H49N11O10S2. The number of carbonyl (C=O) groups is 9. The second-order valence-corrected chi connectivity index (χ2v) is 16.8. The molecule has 1 aliphatic rings. The summed E-state index contributed by atoms with van der Waals surface area (Å²) in [6.07, 6.45) is 0.343. The van der Waals surface area contributed by atoms with Crippen LogP contribution < -0.4 is 43.4 Å². The van der Waals surface area contributed by atoms with Crippen molar-refractivity contribution in [1.82, 2.24) is 36.5 Å². The Balaban J connectivity index is 1.56. The van der Waals surface area contributed by atoms with E-state index in [9.17, 15) is 48.3 Å². The highest BCUT2D eigenvalue weighted by Crippen LogP contribution is 2.23. The molecule has 13 N–H and O–H groups in total. The first-order valence-electron chi connectivity index (χ1n) is 19.3. The van der Waals surface area contributed by atoms with Crippen LogP contribution >= 0.6 is 21.6 Å². The van der Waals surface area contributed by atoms with Crippen LogP contribution in [0.1, 0.15) is 44.2 Å². The lowest BCUT2D eigenvalue weighted by molar-refractivity contribution is -0.144. The number of carboxylic acid groups (broad SMARTS) is 1. The first kappa shape index (κ1) is 48.1. The molecule has 8 amide bonds. The van der Waals surface area contributed by atoms with Gasteiger partial charge in [0, 0.05) is 52.8 Å². The normalized spacial score (nSPS) is 21.7. The zero-order valence-electron chi connectivity index (χ0n) is 33.8. The summed E-state index contributed by atoms with van der Waals surface area (Å²) in [5.41, 5.74) is 13.5. The Morgan fingerprint density at radius 1 is 0.855 bits per heavy atom. The molecule has 0 spiro atoms. The smallest absolute Gasteiger partial charge is 0.305 e. The van der Waals surface area contributed by atoms with Crippen molar-refractivity contribution in [2.75, 3.05) is 29.9 Å². The summed E-state index contributed by atoms with van der Waals surface area (Å²) in [6, 6.07) is 6.36. The van der Waals surface area contributed by atoms with Crippen LogP contribution in [-0.2, 0) is 49.6 Å². The quantitative estimate of drug-likeness (QED) is 0.0666. The van der Waals surface area contributed by atoms with Crippen molar-refractivity contribution in [2.24, 2.45) is 11.5 Å². The number of carbonyl (C=O) groups excluding carboxylic acids is 8. The molecule has 4 rings (SSSR count). The summed E-state index contributed by atoms with van der Waals surface area (Å²) < 4.78 is 0. The first-order valence-corrected chi connectivity index (χ1v) is 21.7. The van der Waals surface area contributed by atoms with E-state index in [1.54, 1.807) is 6.20 Å². The van der Waals surface area contributed by atoms with Crippen molar-refractivity contribution in [3.63, 3.8) is 0 Å². The van der Waals surface area contributed by atoms with Crippen LogP contribution in [0, 0.1) is 5.41 Å². The number of amidine groups is 1. The molecule has 5 atom stereocenters. The number of benzene rings is 2. The number of H-pyrrole nitrogens is 1. The molecule has 0 saturated carbocycles. The number of nitrogens with one attached hydrogen (secondary N) is 8. The molecule has 2 aromatic carbocycles. The molecule has 3 aromatic rings. The van der Waals surface area contributed by atoms with Crippen molar-refractivity contribution in [1.29, 1.82) is 5.41 Å². The standard InChI is InChI=1S/C39H49N11O10S2/c1-20-39(60)50(13-11-23-17-43-26-6-4-3-5-25(23)26)21(2)36(57)49-29(35(42)56)19-62-61-14-12-30(51)47-27(15-31(52)46-24-9-7-22(8-10-24)34(40)41)37(58)44-18-32(53)48-28(16-33(54)55)38(59)45-20/h3-10,17,20-21,27-29,43H,11-16,18-19H2,1-2H3,(H3,40,41)(H2,42,56)(H,44,58)(H,45,59)(H,46,52)(H,47,51)(H,48,53)(H,49,57)(H,54,55)/t20-,21-,27-,28?,29?/m0/s1. The van der Waals surface area contributed by atoms with Gasteiger partial charge in [0.15, 0.2) is 0 Å². The average Bonchev–Trinajstić information content (AvgIpc) is 3.64. The largest absolute Gasteiger partial charge is 0.481 e. The summed E-state index contributed by atoms with van der Waals surface area (Å²) in [7, 11) is 2.28. The Bertz CT molecular complexity index is 2180. The number of nitrogens with two attached hydrogens (primary N) is 2. The number of amides is 8. The van der Waals surface area contributed by atoms with Gasteiger partial charge in [-0.05, 0) is 56.2 Å². The molecular weight excluding hydrogens is 847 g/mol. The third kappa shape index (κ3) is 14.2. The average molecular weight is 896 g/mol. The Hall–Kier alpha value is -6.62. The molecule has 2 heterocycles. The van der Waals surface area contributed by atoms with Gasteiger partial charge >= 0.3 is 5.97 Å². The number of rotatable bonds is 10. The van der Waals surface area contributed by atoms with Gasteiger partial charge in [0.25, 0.3) is 0 Å². The maximum atomic E-state index is 14.1. The van der Waals surface area contributed by atoms with E-state index in [-0.39, 0.29) is 36.7 Å². The second-order valence-electron chi connectivity index (χ2n) is 14.2. The van der Waals surface area contributed by atoms with E-state index >= 15 is 0 Å². The Kier molecular flexibility index (Phi) is 17.7. The molecule has 1 saturated heterocycles. The number of primary amides is 1. The van der Waals surface area contributed by atoms with Crippen molar-refractivity contribution in [3.8, 4) is 0 Å². The van der Waals surface area contributed by atoms with Crippen LogP contribution in [0.4, 0.5) is 5.69 Å². The fourth-order valence-electron chi connectivity index (χ4n) is 6.16. The van der Waals surface area contributed by atoms with Crippen LogP contribution in [0.3, 0.4) is 0 Å². The van der Waals surface area contributed by atoms with Gasteiger partial charge in [0.1, 0.15) is 36.0 Å². The van der Waals surface area contributed by atoms with E-state index in [1.807, 2.05) is 24.3 Å². The van der Waals surface area contributed by atoms with Crippen molar-refractivity contribution in [2.45, 2.75) is 69.7 Å². The predicted molar refractivity (Wildman–Crippen MR) is 231 cm³/mol. The van der Waals surface area contributed by atoms with Gasteiger partial charge in [-0.1, -0.05) is 39.8 Å². The Labute approximate surface area is 363 Å². The third-order valence-corrected chi connectivity index (χ3v) is 11.9. The number of anilines is 1. The number of fused-ring (bicyclic) bond motifs is 1. The highest BCUT2D eigenvalue weighted by molar-refractivity contribution is 8.76. The van der Waals surface area contributed by atoms with Crippen molar-refractivity contribution >= 4 is 97.2 Å². The van der Waals surface area contributed by atoms with Crippen molar-refractivity contribution < 1.29 is 48.3 Å². The Morgan fingerprint density at radius 2 is 1.53 bits per heavy atom. The molecule has 332 valence electrons. The number of nitrogens with zero attached hydrogens (tertiary/aromatic N) is 1. The highest BCUT2D eigenvalue weighted by Gasteiger charge is 2.34. The van der Waals surface area contributed by atoms with Crippen LogP contribution in [0.5, 0.6) is 0 Å². The van der Waals surface area contributed by atoms with Gasteiger partial charge in [-0.3, -0.25) is 48.6 Å². The summed E-state index contributed by atoms with van der Waals surface area (Å²) >= 11 is 0. The summed E-state index contributed by atoms with van der Waals surface area (Å²) in [6.45, 7) is 1.91. The minimum Gasteiger partial charge on any atom is -0.481 e. The molecule has 21 nitrogen and oxygen atoms in total. The summed E-state index contributed by atoms with van der Waals surface area (Å²) in [4.78, 5) is 122. The fraction of sp³-hybridized carbons (Fsp3) is 0.385. The molecule has 0 radical (unpaired) electrons. The number of aliphatic carboxylic acids is 1. The number of aromatic amines is 1. The highest BCUT2D eigenvalue weighted by atomic mass is 33.1. The molecule has 1 fully saturated rings. The van der Waals surface area contributed by atoms with E-state index in [1.165, 1.54) is 43.0 Å². The van der Waals surface area contributed by atoms with E-state index in [2.05, 4.69) is 36.9 Å². The van der Waals surface area contributed by atoms with Gasteiger partial charge in [-0.25, -0.2) is 0 Å². The summed E-state index contributed by atoms with van der Waals surface area (Å²) in [5, 5.41) is 32.5. The van der Waals surface area contributed by atoms with E-state index in [4.69, 9.17) is 16.9 Å². The SMILES string of the molecule is C[C@@H]1NC(=O)C(CC(=O)O)NC(=O)CNC(=O)[C@H](CC(=O)Nc2ccc(C(=N)N)cc2)NC(=O)CCSSCC(C(N)=O)NC(=O)[C@H](C)N(CCc2c[nH]c3ccccc23)C1=O. The monoisotopic (exact) mass is 895 g/mol. The van der Waals surface area contributed by atoms with Crippen LogP contribution in [0.15, 0.2) is 54.7 Å². The molecule has 0 bridgehead atoms. The van der Waals surface area contributed by atoms with Gasteiger partial charge in [-0.15, -0.1) is 0 Å². The summed E-state index contributed by atoms with van der Waals surface area (Å²) in [5.74, 6) is -8.31. The molecule has 1 aromatic heterocycles. The maximum Gasteiger partial charge on any atom is 0.305 e. The lowest BCUT2D eigenvalue weighted by Crippen LogP contribution is -2.59. The lowest BCUT2D eigenvalue weighted by Gasteiger charge is -2.32. The topological polar surface area (TPSA) is 341 Å². The first-order chi connectivity index (χ1) is 29.4. The third-order valence-electron chi connectivity index (χ3n) is 9.52. The lowest BCUT2D eigenvalue weighted by atomic mass is 10.1. The Morgan fingerprint density at radius 3 is 2.21 bits per heavy atom.